The van der Waals surface area contributed by atoms with Gasteiger partial charge in [0.05, 0.1) is 10.5 Å². The monoisotopic (exact) mass is 277 g/mol. The lowest BCUT2D eigenvalue weighted by molar-refractivity contribution is -0.385. The van der Waals surface area contributed by atoms with E-state index in [1.54, 1.807) is 25.1 Å². The van der Waals surface area contributed by atoms with E-state index in [9.17, 15) is 19.6 Å². The summed E-state index contributed by atoms with van der Waals surface area (Å²) >= 11 is 0. The fourth-order valence-corrected chi connectivity index (χ4v) is 1.77. The van der Waals surface area contributed by atoms with Crippen molar-refractivity contribution in [2.45, 2.75) is 13.5 Å². The van der Waals surface area contributed by atoms with Crippen LogP contribution in [-0.2, 0) is 6.61 Å². The lowest BCUT2D eigenvalue weighted by atomic mass is 10.2. The highest BCUT2D eigenvalue weighted by Crippen LogP contribution is 2.27. The standard InChI is InChI=1S/C14H12FNO4/c1-9-6-13(17)11(15)7-14(9)20-8-10-4-2-3-5-12(10)16(18)19/h2-7,17H,8H2,1H3. The first-order valence-corrected chi connectivity index (χ1v) is 5.83. The van der Waals surface area contributed by atoms with Gasteiger partial charge < -0.3 is 9.84 Å². The number of ether oxygens (including phenoxy) is 1. The minimum Gasteiger partial charge on any atom is -0.505 e. The van der Waals surface area contributed by atoms with E-state index in [1.165, 1.54) is 12.1 Å². The first-order chi connectivity index (χ1) is 9.49. The number of hydrogen-bond donors (Lipinski definition) is 1. The third-order valence-corrected chi connectivity index (χ3v) is 2.82. The topological polar surface area (TPSA) is 72.6 Å². The van der Waals surface area contributed by atoms with Gasteiger partial charge >= 0.3 is 0 Å². The molecule has 0 aliphatic rings. The molecule has 0 aliphatic heterocycles. The molecule has 0 fully saturated rings. The number of phenolic OH excluding ortho intramolecular Hbond substituents is 1. The van der Waals surface area contributed by atoms with Crippen molar-refractivity contribution in [3.63, 3.8) is 0 Å². The van der Waals surface area contributed by atoms with Gasteiger partial charge in [-0.3, -0.25) is 10.1 Å². The number of aromatic hydroxyl groups is 1. The number of benzene rings is 2. The van der Waals surface area contributed by atoms with Crippen molar-refractivity contribution >= 4 is 5.69 Å². The summed E-state index contributed by atoms with van der Waals surface area (Å²) in [6.45, 7) is 1.59. The highest BCUT2D eigenvalue weighted by atomic mass is 19.1. The zero-order valence-electron chi connectivity index (χ0n) is 10.7. The SMILES string of the molecule is Cc1cc(O)c(F)cc1OCc1ccccc1[N+](=O)[O-]. The number of rotatable bonds is 4. The second kappa shape index (κ2) is 5.56. The molecule has 0 amide bonds. The summed E-state index contributed by atoms with van der Waals surface area (Å²) in [7, 11) is 0. The van der Waals surface area contributed by atoms with Gasteiger partial charge in [0.1, 0.15) is 12.4 Å². The van der Waals surface area contributed by atoms with Crippen LogP contribution in [0.1, 0.15) is 11.1 Å². The van der Waals surface area contributed by atoms with Gasteiger partial charge in [-0.25, -0.2) is 4.39 Å². The van der Waals surface area contributed by atoms with Crippen LogP contribution in [0.4, 0.5) is 10.1 Å². The summed E-state index contributed by atoms with van der Waals surface area (Å²) in [6, 6.07) is 8.47. The van der Waals surface area contributed by atoms with Crippen LogP contribution < -0.4 is 4.74 Å². The Morgan fingerprint density at radius 3 is 2.75 bits per heavy atom. The van der Waals surface area contributed by atoms with Crippen LogP contribution in [0.15, 0.2) is 36.4 Å². The van der Waals surface area contributed by atoms with E-state index in [4.69, 9.17) is 4.74 Å². The van der Waals surface area contributed by atoms with Crippen molar-refractivity contribution in [3.05, 3.63) is 63.5 Å². The largest absolute Gasteiger partial charge is 0.505 e. The third kappa shape index (κ3) is 2.85. The average Bonchev–Trinajstić information content (AvgIpc) is 2.41. The summed E-state index contributed by atoms with van der Waals surface area (Å²) in [5.74, 6) is -1.02. The maximum absolute atomic E-state index is 13.3. The third-order valence-electron chi connectivity index (χ3n) is 2.82. The number of halogens is 1. The number of phenols is 1. The predicted molar refractivity (Wildman–Crippen MR) is 70.2 cm³/mol. The fraction of sp³-hybridized carbons (Fsp3) is 0.143. The van der Waals surface area contributed by atoms with Gasteiger partial charge in [0.25, 0.3) is 5.69 Å². The molecule has 0 saturated heterocycles. The molecule has 0 bridgehead atoms. The molecule has 0 spiro atoms. The normalized spacial score (nSPS) is 10.3. The average molecular weight is 277 g/mol. The van der Waals surface area contributed by atoms with Crippen molar-refractivity contribution in [1.82, 2.24) is 0 Å². The van der Waals surface area contributed by atoms with Gasteiger partial charge in [-0.15, -0.1) is 0 Å². The van der Waals surface area contributed by atoms with Crippen LogP contribution in [0.2, 0.25) is 0 Å². The highest BCUT2D eigenvalue weighted by molar-refractivity contribution is 5.42. The number of nitrogens with zero attached hydrogens (tertiary/aromatic N) is 1. The van der Waals surface area contributed by atoms with E-state index in [0.717, 1.165) is 6.07 Å². The van der Waals surface area contributed by atoms with Gasteiger partial charge in [-0.2, -0.15) is 0 Å². The zero-order valence-corrected chi connectivity index (χ0v) is 10.7. The first kappa shape index (κ1) is 13.8. The van der Waals surface area contributed by atoms with Gasteiger partial charge in [-0.05, 0) is 24.6 Å². The molecule has 2 aromatic carbocycles. The minimum absolute atomic E-state index is 0.0515. The number of nitro benzene ring substituents is 1. The summed E-state index contributed by atoms with van der Waals surface area (Å²) in [5, 5.41) is 20.1. The Morgan fingerprint density at radius 1 is 1.35 bits per heavy atom. The smallest absolute Gasteiger partial charge is 0.276 e. The minimum atomic E-state index is -0.798. The first-order valence-electron chi connectivity index (χ1n) is 5.83. The van der Waals surface area contributed by atoms with E-state index in [0.29, 0.717) is 11.1 Å². The fourth-order valence-electron chi connectivity index (χ4n) is 1.77. The Morgan fingerprint density at radius 2 is 2.05 bits per heavy atom. The molecule has 0 heterocycles. The summed E-state index contributed by atoms with van der Waals surface area (Å²) in [4.78, 5) is 10.4. The van der Waals surface area contributed by atoms with Crippen molar-refractivity contribution in [2.24, 2.45) is 0 Å². The van der Waals surface area contributed by atoms with Crippen LogP contribution in [0.25, 0.3) is 0 Å². The molecule has 2 aromatic rings. The summed E-state index contributed by atoms with van der Waals surface area (Å²) in [5.41, 5.74) is 0.886. The predicted octanol–water partition coefficient (Wildman–Crippen LogP) is 3.33. The zero-order chi connectivity index (χ0) is 14.7. The number of para-hydroxylation sites is 1. The lowest BCUT2D eigenvalue weighted by Gasteiger charge is -2.10. The Labute approximate surface area is 114 Å². The van der Waals surface area contributed by atoms with Gasteiger partial charge in [0.15, 0.2) is 11.6 Å². The van der Waals surface area contributed by atoms with Gasteiger partial charge in [0.2, 0.25) is 0 Å². The van der Waals surface area contributed by atoms with Crippen molar-refractivity contribution in [1.29, 1.82) is 0 Å². The van der Waals surface area contributed by atoms with E-state index < -0.39 is 16.5 Å². The van der Waals surface area contributed by atoms with Crippen LogP contribution in [0.5, 0.6) is 11.5 Å². The molecular formula is C14H12FNO4. The number of hydrogen-bond acceptors (Lipinski definition) is 4. The molecule has 0 aliphatic carbocycles. The molecule has 20 heavy (non-hydrogen) atoms. The molecule has 0 unspecified atom stereocenters. The summed E-state index contributed by atoms with van der Waals surface area (Å²) in [6.07, 6.45) is 0. The molecule has 0 saturated carbocycles. The molecule has 2 rings (SSSR count). The van der Waals surface area contributed by atoms with E-state index in [2.05, 4.69) is 0 Å². The highest BCUT2D eigenvalue weighted by Gasteiger charge is 2.14. The van der Waals surface area contributed by atoms with Crippen LogP contribution >= 0.6 is 0 Å². The Bertz CT molecular complexity index is 658. The summed E-state index contributed by atoms with van der Waals surface area (Å²) < 4.78 is 18.6. The number of nitro groups is 1. The van der Waals surface area contributed by atoms with Crippen LogP contribution in [-0.4, -0.2) is 10.0 Å². The molecule has 5 nitrogen and oxygen atoms in total. The van der Waals surface area contributed by atoms with E-state index >= 15 is 0 Å². The quantitative estimate of drug-likeness (QED) is 0.687. The van der Waals surface area contributed by atoms with Crippen molar-refractivity contribution < 1.29 is 19.2 Å². The van der Waals surface area contributed by atoms with Crippen LogP contribution in [0.3, 0.4) is 0 Å². The molecule has 1 N–H and O–H groups in total. The van der Waals surface area contributed by atoms with Gasteiger partial charge in [0, 0.05) is 12.1 Å². The van der Waals surface area contributed by atoms with Crippen molar-refractivity contribution in [3.8, 4) is 11.5 Å². The van der Waals surface area contributed by atoms with E-state index in [-0.39, 0.29) is 18.0 Å². The Kier molecular flexibility index (Phi) is 3.84. The van der Waals surface area contributed by atoms with Crippen LogP contribution in [0, 0.1) is 22.9 Å². The van der Waals surface area contributed by atoms with Gasteiger partial charge in [-0.1, -0.05) is 12.1 Å². The van der Waals surface area contributed by atoms with Crippen molar-refractivity contribution in [2.75, 3.05) is 0 Å². The Balaban J connectivity index is 2.21. The molecule has 104 valence electrons. The molecule has 6 heteroatoms. The maximum Gasteiger partial charge on any atom is 0.276 e. The molecule has 0 aromatic heterocycles. The second-order valence-electron chi connectivity index (χ2n) is 4.24. The Hall–Kier alpha value is -2.63. The lowest BCUT2D eigenvalue weighted by Crippen LogP contribution is -2.01. The maximum atomic E-state index is 13.3. The molecular weight excluding hydrogens is 265 g/mol. The number of aryl methyl sites for hydroxylation is 1. The molecule has 0 atom stereocenters. The molecule has 0 radical (unpaired) electrons. The van der Waals surface area contributed by atoms with E-state index in [1.807, 2.05) is 0 Å². The second-order valence-corrected chi connectivity index (χ2v) is 4.24.